The fourth-order valence-corrected chi connectivity index (χ4v) is 10.5. The Labute approximate surface area is 359 Å². The monoisotopic (exact) mass is 788 g/mol. The number of hydrogen-bond donors (Lipinski definition) is 0. The van der Waals surface area contributed by atoms with E-state index in [1.165, 1.54) is 44.5 Å². The highest BCUT2D eigenvalue weighted by atomic mass is 15.2. The summed E-state index contributed by atoms with van der Waals surface area (Å²) < 4.78 is 2.25. The molecule has 0 radical (unpaired) electrons. The smallest absolute Gasteiger partial charge is 0.238 e. The van der Waals surface area contributed by atoms with Gasteiger partial charge in [0.25, 0.3) is 0 Å². The van der Waals surface area contributed by atoms with Crippen LogP contribution in [0.3, 0.4) is 0 Å². The second-order valence-corrected chi connectivity index (χ2v) is 16.3. The zero-order chi connectivity index (χ0) is 40.8. The molecular weight excluding hydrogens is 753 g/mol. The van der Waals surface area contributed by atoms with E-state index in [0.717, 1.165) is 55.2 Å². The van der Waals surface area contributed by atoms with Crippen LogP contribution in [0.15, 0.2) is 218 Å². The van der Waals surface area contributed by atoms with Gasteiger partial charge in [-0.25, -0.2) is 4.98 Å². The molecule has 0 N–H and O–H groups in total. The molecule has 4 heteroatoms. The Morgan fingerprint density at radius 2 is 0.774 bits per heavy atom. The summed E-state index contributed by atoms with van der Waals surface area (Å²) >= 11 is 0. The molecule has 0 fully saturated rings. The Kier molecular flexibility index (Phi) is 7.49. The number of nitrogens with zero attached hydrogens (tertiary/aromatic N) is 4. The molecule has 62 heavy (non-hydrogen) atoms. The first-order valence-electron chi connectivity index (χ1n) is 21.2. The van der Waals surface area contributed by atoms with Crippen LogP contribution in [0.1, 0.15) is 22.3 Å². The lowest BCUT2D eigenvalue weighted by Crippen LogP contribution is -2.25. The molecule has 2 heterocycles. The van der Waals surface area contributed by atoms with Crippen molar-refractivity contribution in [2.24, 2.45) is 0 Å². The Balaban J connectivity index is 1.08. The molecule has 11 aromatic rings. The molecule has 0 atom stereocenters. The molecule has 0 saturated carbocycles. The maximum absolute atomic E-state index is 5.28. The van der Waals surface area contributed by atoms with Crippen LogP contribution in [0.25, 0.3) is 95.0 Å². The highest BCUT2D eigenvalue weighted by Crippen LogP contribution is 2.63. The topological polar surface area (TPSA) is 43.6 Å². The van der Waals surface area contributed by atoms with E-state index in [0.29, 0.717) is 17.6 Å². The van der Waals surface area contributed by atoms with Gasteiger partial charge in [-0.05, 0) is 85.0 Å². The maximum atomic E-state index is 5.28. The summed E-state index contributed by atoms with van der Waals surface area (Å²) in [7, 11) is 0. The quantitative estimate of drug-likeness (QED) is 0.174. The molecular formula is C58H36N4. The van der Waals surface area contributed by atoms with Gasteiger partial charge >= 0.3 is 0 Å². The third-order valence-corrected chi connectivity index (χ3v) is 13.1. The van der Waals surface area contributed by atoms with Crippen molar-refractivity contribution in [1.29, 1.82) is 0 Å². The van der Waals surface area contributed by atoms with Gasteiger partial charge in [0.15, 0.2) is 11.6 Å². The van der Waals surface area contributed by atoms with Gasteiger partial charge in [-0.15, -0.1) is 0 Å². The van der Waals surface area contributed by atoms with Crippen LogP contribution in [-0.2, 0) is 5.41 Å². The molecule has 2 aliphatic carbocycles. The Morgan fingerprint density at radius 3 is 1.35 bits per heavy atom. The summed E-state index contributed by atoms with van der Waals surface area (Å²) in [6.45, 7) is 0. The fraction of sp³-hybridized carbons (Fsp3) is 0.0172. The first-order chi connectivity index (χ1) is 30.8. The van der Waals surface area contributed by atoms with Gasteiger partial charge < -0.3 is 0 Å². The summed E-state index contributed by atoms with van der Waals surface area (Å²) in [6, 6.07) is 78.7. The molecule has 288 valence electrons. The minimum atomic E-state index is -0.425. The summed E-state index contributed by atoms with van der Waals surface area (Å²) in [5.41, 5.74) is 18.6. The van der Waals surface area contributed by atoms with Gasteiger partial charge in [-0.1, -0.05) is 200 Å². The Morgan fingerprint density at radius 1 is 0.306 bits per heavy atom. The molecule has 9 aromatic carbocycles. The van der Waals surface area contributed by atoms with E-state index in [9.17, 15) is 0 Å². The van der Waals surface area contributed by atoms with Gasteiger partial charge in [0.1, 0.15) is 0 Å². The minimum Gasteiger partial charge on any atom is -0.278 e. The number of rotatable bonds is 5. The highest BCUT2D eigenvalue weighted by molar-refractivity contribution is 6.16. The van der Waals surface area contributed by atoms with Crippen molar-refractivity contribution in [2.75, 3.05) is 0 Å². The molecule has 2 aromatic heterocycles. The Hall–Kier alpha value is -8.21. The van der Waals surface area contributed by atoms with E-state index >= 15 is 0 Å². The van der Waals surface area contributed by atoms with Crippen LogP contribution in [0, 0.1) is 0 Å². The maximum Gasteiger partial charge on any atom is 0.238 e. The zero-order valence-electron chi connectivity index (χ0n) is 33.6. The van der Waals surface area contributed by atoms with Crippen LogP contribution in [0.4, 0.5) is 0 Å². The normalized spacial score (nSPS) is 13.0. The lowest BCUT2D eigenvalue weighted by Gasteiger charge is -2.30. The molecule has 1 spiro atoms. The van der Waals surface area contributed by atoms with Crippen molar-refractivity contribution in [1.82, 2.24) is 19.5 Å². The largest absolute Gasteiger partial charge is 0.278 e. The number of hydrogen-bond acceptors (Lipinski definition) is 3. The third kappa shape index (κ3) is 4.92. The highest BCUT2D eigenvalue weighted by Gasteiger charge is 2.51. The van der Waals surface area contributed by atoms with Crippen LogP contribution < -0.4 is 0 Å². The first-order valence-corrected chi connectivity index (χ1v) is 21.2. The second kappa shape index (κ2) is 13.4. The first kappa shape index (κ1) is 34.6. The van der Waals surface area contributed by atoms with E-state index in [-0.39, 0.29) is 0 Å². The molecule has 0 amide bonds. The van der Waals surface area contributed by atoms with Gasteiger partial charge in [0, 0.05) is 21.9 Å². The molecule has 0 aliphatic heterocycles. The van der Waals surface area contributed by atoms with Crippen molar-refractivity contribution in [3.63, 3.8) is 0 Å². The summed E-state index contributed by atoms with van der Waals surface area (Å²) in [6.07, 6.45) is 0. The molecule has 0 bridgehead atoms. The summed E-state index contributed by atoms with van der Waals surface area (Å²) in [5.74, 6) is 1.82. The van der Waals surface area contributed by atoms with Crippen LogP contribution in [0.2, 0.25) is 0 Å². The van der Waals surface area contributed by atoms with Crippen molar-refractivity contribution >= 4 is 21.8 Å². The third-order valence-electron chi connectivity index (χ3n) is 13.1. The van der Waals surface area contributed by atoms with Gasteiger partial charge in [0.2, 0.25) is 5.95 Å². The zero-order valence-corrected chi connectivity index (χ0v) is 33.6. The molecule has 2 aliphatic rings. The standard InChI is InChI=1S/C58H36N4/c1-4-17-37(18-5-1)42-26-16-30-52-54(42)47-34-32-41(36-53(47)62(52)57-60-55(38-19-6-2-7-20-38)59-56(61-57)39-21-8-3-9-22-39)40-31-33-46-45-25-12-15-29-50(45)58(51(46)35-40)48-27-13-10-23-43(48)44-24-11-14-28-49(44)58/h1-36H. The van der Waals surface area contributed by atoms with E-state index in [1.807, 2.05) is 36.4 Å². The van der Waals surface area contributed by atoms with Crippen LogP contribution >= 0.6 is 0 Å². The summed E-state index contributed by atoms with van der Waals surface area (Å²) in [5, 5.41) is 2.29. The summed E-state index contributed by atoms with van der Waals surface area (Å²) in [4.78, 5) is 15.6. The number of fused-ring (bicyclic) bond motifs is 13. The van der Waals surface area contributed by atoms with E-state index in [4.69, 9.17) is 15.0 Å². The predicted molar refractivity (Wildman–Crippen MR) is 252 cm³/mol. The van der Waals surface area contributed by atoms with Gasteiger partial charge in [-0.2, -0.15) is 9.97 Å². The van der Waals surface area contributed by atoms with Gasteiger partial charge in [-0.3, -0.25) is 4.57 Å². The number of aromatic nitrogens is 4. The fourth-order valence-electron chi connectivity index (χ4n) is 10.5. The van der Waals surface area contributed by atoms with Gasteiger partial charge in [0.05, 0.1) is 16.4 Å². The van der Waals surface area contributed by atoms with Crippen molar-refractivity contribution in [3.05, 3.63) is 241 Å². The van der Waals surface area contributed by atoms with Crippen molar-refractivity contribution in [3.8, 4) is 73.2 Å². The molecule has 0 unspecified atom stereocenters. The van der Waals surface area contributed by atoms with Crippen LogP contribution in [0.5, 0.6) is 0 Å². The van der Waals surface area contributed by atoms with Crippen molar-refractivity contribution in [2.45, 2.75) is 5.41 Å². The lowest BCUT2D eigenvalue weighted by atomic mass is 9.70. The Bertz CT molecular complexity index is 3450. The molecule has 0 saturated heterocycles. The predicted octanol–water partition coefficient (Wildman–Crippen LogP) is 14.0. The number of benzene rings is 9. The minimum absolute atomic E-state index is 0.425. The van der Waals surface area contributed by atoms with E-state index < -0.39 is 5.41 Å². The SMILES string of the molecule is c1ccc(-c2nc(-c3ccccc3)nc(-n3c4cc(-c5ccc6c(c5)C5(c7ccccc7-c7ccccc75)c5ccccc5-6)ccc4c4c(-c5ccccc5)cccc43)n2)cc1. The van der Waals surface area contributed by atoms with E-state index in [1.54, 1.807) is 0 Å². The van der Waals surface area contributed by atoms with E-state index in [2.05, 4.69) is 187 Å². The average molecular weight is 789 g/mol. The lowest BCUT2D eigenvalue weighted by molar-refractivity contribution is 0.794. The van der Waals surface area contributed by atoms with Crippen molar-refractivity contribution < 1.29 is 0 Å². The second-order valence-electron chi connectivity index (χ2n) is 16.3. The average Bonchev–Trinajstić information content (AvgIpc) is 3.96. The molecule has 13 rings (SSSR count). The molecule has 4 nitrogen and oxygen atoms in total. The van der Waals surface area contributed by atoms with Crippen LogP contribution in [-0.4, -0.2) is 19.5 Å².